The summed E-state index contributed by atoms with van der Waals surface area (Å²) in [6.07, 6.45) is 4.07. The van der Waals surface area contributed by atoms with Crippen LogP contribution in [0.25, 0.3) is 0 Å². The highest BCUT2D eigenvalue weighted by molar-refractivity contribution is 7.16. The second-order valence-electron chi connectivity index (χ2n) is 6.90. The third-order valence-corrected chi connectivity index (χ3v) is 6.48. The van der Waals surface area contributed by atoms with Gasteiger partial charge in [0.2, 0.25) is 0 Å². The van der Waals surface area contributed by atoms with Gasteiger partial charge in [0, 0.05) is 4.88 Å². The molecule has 1 aliphatic carbocycles. The molecule has 29 heavy (non-hydrogen) atoms. The lowest BCUT2D eigenvalue weighted by Crippen LogP contribution is -2.13. The topological polar surface area (TPSA) is 62.1 Å². The van der Waals surface area contributed by atoms with E-state index in [1.807, 2.05) is 30.3 Å². The average molecular weight is 423 g/mol. The van der Waals surface area contributed by atoms with Crippen molar-refractivity contribution < 1.29 is 9.53 Å². The largest absolute Gasteiger partial charge is 0.489 e. The van der Waals surface area contributed by atoms with Crippen LogP contribution in [0.5, 0.6) is 5.75 Å². The van der Waals surface area contributed by atoms with Gasteiger partial charge in [-0.1, -0.05) is 41.9 Å². The monoisotopic (exact) mass is 422 g/mol. The van der Waals surface area contributed by atoms with E-state index >= 15 is 0 Å². The van der Waals surface area contributed by atoms with Crippen LogP contribution >= 0.6 is 22.9 Å². The van der Waals surface area contributed by atoms with Crippen molar-refractivity contribution in [1.29, 1.82) is 5.26 Å². The highest BCUT2D eigenvalue weighted by Gasteiger charge is 2.23. The number of hydrogen-bond donors (Lipinski definition) is 1. The second kappa shape index (κ2) is 8.69. The van der Waals surface area contributed by atoms with E-state index in [0.29, 0.717) is 33.5 Å². The first-order valence-corrected chi connectivity index (χ1v) is 10.7. The fraction of sp³-hybridized carbons (Fsp3) is 0.217. The summed E-state index contributed by atoms with van der Waals surface area (Å²) in [6, 6.07) is 17.1. The molecule has 0 unspecified atom stereocenters. The van der Waals surface area contributed by atoms with Gasteiger partial charge in [-0.15, -0.1) is 11.3 Å². The highest BCUT2D eigenvalue weighted by Crippen LogP contribution is 2.38. The van der Waals surface area contributed by atoms with Crippen LogP contribution in [0.1, 0.15) is 44.8 Å². The molecule has 0 spiro atoms. The first kappa shape index (κ1) is 19.5. The van der Waals surface area contributed by atoms with Gasteiger partial charge >= 0.3 is 0 Å². The van der Waals surface area contributed by atoms with Crippen molar-refractivity contribution in [2.45, 2.75) is 32.3 Å². The molecular formula is C23H19ClN2O2S. The van der Waals surface area contributed by atoms with E-state index < -0.39 is 0 Å². The van der Waals surface area contributed by atoms with Crippen molar-refractivity contribution in [3.05, 3.63) is 80.7 Å². The summed E-state index contributed by atoms with van der Waals surface area (Å²) in [4.78, 5) is 14.1. The molecule has 4 rings (SSSR count). The van der Waals surface area contributed by atoms with E-state index in [0.717, 1.165) is 36.8 Å². The zero-order valence-corrected chi connectivity index (χ0v) is 17.3. The molecule has 0 aliphatic heterocycles. The van der Waals surface area contributed by atoms with Gasteiger partial charge in [0.1, 0.15) is 23.4 Å². The molecule has 1 heterocycles. The normalized spacial score (nSPS) is 12.7. The van der Waals surface area contributed by atoms with Crippen molar-refractivity contribution in [2.24, 2.45) is 0 Å². The van der Waals surface area contributed by atoms with E-state index in [9.17, 15) is 10.1 Å². The van der Waals surface area contributed by atoms with E-state index in [-0.39, 0.29) is 5.91 Å². The number of nitrogens with one attached hydrogen (secondary N) is 1. The van der Waals surface area contributed by atoms with Crippen molar-refractivity contribution in [3.63, 3.8) is 0 Å². The quantitative estimate of drug-likeness (QED) is 0.549. The van der Waals surface area contributed by atoms with Crippen LogP contribution in [-0.2, 0) is 19.4 Å². The Morgan fingerprint density at radius 1 is 1.17 bits per heavy atom. The lowest BCUT2D eigenvalue weighted by Gasteiger charge is -2.10. The SMILES string of the molecule is N#Cc1c(NC(=O)c2cc(OCc3ccccc3)ccc2Cl)sc2c1CCCC2. The van der Waals surface area contributed by atoms with Crippen LogP contribution < -0.4 is 10.1 Å². The van der Waals surface area contributed by atoms with Crippen molar-refractivity contribution >= 4 is 33.8 Å². The van der Waals surface area contributed by atoms with E-state index in [4.69, 9.17) is 16.3 Å². The smallest absolute Gasteiger partial charge is 0.257 e. The van der Waals surface area contributed by atoms with Gasteiger partial charge in [-0.05, 0) is 55.0 Å². The van der Waals surface area contributed by atoms with E-state index in [2.05, 4.69) is 11.4 Å². The minimum absolute atomic E-state index is 0.326. The zero-order chi connectivity index (χ0) is 20.2. The van der Waals surface area contributed by atoms with Gasteiger partial charge in [0.25, 0.3) is 5.91 Å². The third kappa shape index (κ3) is 4.29. The van der Waals surface area contributed by atoms with Crippen molar-refractivity contribution in [2.75, 3.05) is 5.32 Å². The number of carbonyl (C=O) groups is 1. The maximum atomic E-state index is 12.9. The van der Waals surface area contributed by atoms with Crippen LogP contribution in [0.4, 0.5) is 5.00 Å². The number of benzene rings is 2. The van der Waals surface area contributed by atoms with Gasteiger partial charge in [-0.2, -0.15) is 5.26 Å². The first-order valence-electron chi connectivity index (χ1n) is 9.48. The molecule has 1 aliphatic rings. The molecule has 0 saturated heterocycles. The number of nitrogens with zero attached hydrogens (tertiary/aromatic N) is 1. The molecule has 3 aromatic rings. The number of ether oxygens (including phenoxy) is 1. The molecule has 6 heteroatoms. The Morgan fingerprint density at radius 2 is 1.97 bits per heavy atom. The van der Waals surface area contributed by atoms with Gasteiger partial charge in [-0.25, -0.2) is 0 Å². The van der Waals surface area contributed by atoms with Gasteiger partial charge in [0.15, 0.2) is 0 Å². The average Bonchev–Trinajstić information content (AvgIpc) is 3.10. The maximum Gasteiger partial charge on any atom is 0.257 e. The van der Waals surface area contributed by atoms with Crippen molar-refractivity contribution in [1.82, 2.24) is 0 Å². The summed E-state index contributed by atoms with van der Waals surface area (Å²) in [5.41, 5.74) is 3.04. The number of carbonyl (C=O) groups excluding carboxylic acids is 1. The highest BCUT2D eigenvalue weighted by atomic mass is 35.5. The molecule has 2 aromatic carbocycles. The number of amides is 1. The van der Waals surface area contributed by atoms with Crippen molar-refractivity contribution in [3.8, 4) is 11.8 Å². The number of hydrogen-bond acceptors (Lipinski definition) is 4. The van der Waals surface area contributed by atoms with E-state index in [1.165, 1.54) is 16.2 Å². The molecule has 1 N–H and O–H groups in total. The number of fused-ring (bicyclic) bond motifs is 1. The Kier molecular flexibility index (Phi) is 5.84. The number of rotatable bonds is 5. The standard InChI is InChI=1S/C23H19ClN2O2S/c24-20-11-10-16(28-14-15-6-2-1-3-7-15)12-18(20)22(27)26-23-19(13-25)17-8-4-5-9-21(17)29-23/h1-3,6-7,10-12H,4-5,8-9,14H2,(H,26,27). The molecule has 1 aromatic heterocycles. The first-order chi connectivity index (χ1) is 14.2. The van der Waals surface area contributed by atoms with Crippen LogP contribution in [0.15, 0.2) is 48.5 Å². The van der Waals surface area contributed by atoms with Crippen LogP contribution in [-0.4, -0.2) is 5.91 Å². The number of thiophene rings is 1. The Labute approximate surface area is 178 Å². The fourth-order valence-corrected chi connectivity index (χ4v) is 4.89. The minimum atomic E-state index is -0.338. The molecule has 0 fully saturated rings. The fourth-order valence-electron chi connectivity index (χ4n) is 3.45. The Balaban J connectivity index is 1.53. The Hall–Kier alpha value is -2.81. The Bertz CT molecular complexity index is 1090. The number of anilines is 1. The third-order valence-electron chi connectivity index (χ3n) is 4.94. The van der Waals surface area contributed by atoms with Crippen LogP contribution in [0.2, 0.25) is 5.02 Å². The van der Waals surface area contributed by atoms with Crippen LogP contribution in [0.3, 0.4) is 0 Å². The molecule has 0 saturated carbocycles. The zero-order valence-electron chi connectivity index (χ0n) is 15.7. The summed E-state index contributed by atoms with van der Waals surface area (Å²) >= 11 is 7.77. The lowest BCUT2D eigenvalue weighted by atomic mass is 9.96. The lowest BCUT2D eigenvalue weighted by molar-refractivity contribution is 0.102. The summed E-state index contributed by atoms with van der Waals surface area (Å²) in [5.74, 6) is 0.227. The summed E-state index contributed by atoms with van der Waals surface area (Å²) in [6.45, 7) is 0.403. The summed E-state index contributed by atoms with van der Waals surface area (Å²) in [5, 5.41) is 13.4. The van der Waals surface area contributed by atoms with Gasteiger partial charge < -0.3 is 10.1 Å². The van der Waals surface area contributed by atoms with Gasteiger partial charge in [-0.3, -0.25) is 4.79 Å². The number of aryl methyl sites for hydroxylation is 1. The molecule has 4 nitrogen and oxygen atoms in total. The molecule has 0 atom stereocenters. The summed E-state index contributed by atoms with van der Waals surface area (Å²) < 4.78 is 5.81. The predicted octanol–water partition coefficient (Wildman–Crippen LogP) is 5.98. The molecular weight excluding hydrogens is 404 g/mol. The summed E-state index contributed by atoms with van der Waals surface area (Å²) in [7, 11) is 0. The maximum absolute atomic E-state index is 12.9. The second-order valence-corrected chi connectivity index (χ2v) is 8.41. The minimum Gasteiger partial charge on any atom is -0.489 e. The predicted molar refractivity (Wildman–Crippen MR) is 116 cm³/mol. The molecule has 1 amide bonds. The van der Waals surface area contributed by atoms with E-state index in [1.54, 1.807) is 18.2 Å². The van der Waals surface area contributed by atoms with Crippen LogP contribution in [0, 0.1) is 11.3 Å². The number of nitriles is 1. The van der Waals surface area contributed by atoms with Gasteiger partial charge in [0.05, 0.1) is 16.1 Å². The molecule has 146 valence electrons. The Morgan fingerprint density at radius 3 is 2.76 bits per heavy atom. The molecule has 0 bridgehead atoms. The number of halogens is 1. The molecule has 0 radical (unpaired) electrons.